The summed E-state index contributed by atoms with van der Waals surface area (Å²) in [4.78, 5) is 12.0. The number of benzene rings is 2. The van der Waals surface area contributed by atoms with Crippen molar-refractivity contribution in [3.8, 4) is 11.5 Å². The molecule has 0 aliphatic rings. The maximum Gasteiger partial charge on any atom is 0.244 e. The van der Waals surface area contributed by atoms with Gasteiger partial charge in [0.05, 0.1) is 25.3 Å². The number of ether oxygens (including phenoxy) is 2. The van der Waals surface area contributed by atoms with Gasteiger partial charge in [0.1, 0.15) is 11.5 Å². The molecule has 0 aliphatic carbocycles. The van der Waals surface area contributed by atoms with E-state index >= 15 is 0 Å². The average Bonchev–Trinajstić information content (AvgIpc) is 2.59. The fourth-order valence-corrected chi connectivity index (χ4v) is 2.43. The van der Waals surface area contributed by atoms with Gasteiger partial charge in [-0.3, -0.25) is 4.79 Å². The number of hydrazone groups is 1. The molecule has 0 atom stereocenters. The molecule has 0 radical (unpaired) electrons. The number of rotatable bonds is 8. The normalized spacial score (nSPS) is 11.0. The number of amides is 1. The van der Waals surface area contributed by atoms with E-state index in [4.69, 9.17) is 21.1 Å². The summed E-state index contributed by atoms with van der Waals surface area (Å²) in [6.07, 6.45) is 1.78. The van der Waals surface area contributed by atoms with Crippen LogP contribution in [0.15, 0.2) is 47.6 Å². The molecule has 0 saturated heterocycles. The summed E-state index contributed by atoms with van der Waals surface area (Å²) in [5, 5.41) is 4.58. The Morgan fingerprint density at radius 3 is 2.62 bits per heavy atom. The molecule has 6 heteroatoms. The summed E-state index contributed by atoms with van der Waals surface area (Å²) >= 11 is 6.02. The Morgan fingerprint density at radius 1 is 1.23 bits per heavy atom. The fraction of sp³-hybridized carbons (Fsp3) is 0.300. The molecular weight excluding hydrogens is 352 g/mol. The SMILES string of the molecule is CCOc1ccc(CC(=O)N/N=C\c2cc(Cl)ccc2OC(C)C)cc1. The average molecular weight is 375 g/mol. The minimum atomic E-state index is -0.209. The van der Waals surface area contributed by atoms with Crippen LogP contribution in [0.5, 0.6) is 11.5 Å². The highest BCUT2D eigenvalue weighted by Gasteiger charge is 2.06. The van der Waals surface area contributed by atoms with Crippen molar-refractivity contribution in [1.82, 2.24) is 5.43 Å². The first-order valence-electron chi connectivity index (χ1n) is 8.47. The summed E-state index contributed by atoms with van der Waals surface area (Å²) in [6, 6.07) is 12.7. The summed E-state index contributed by atoms with van der Waals surface area (Å²) < 4.78 is 11.1. The quantitative estimate of drug-likeness (QED) is 0.556. The van der Waals surface area contributed by atoms with Gasteiger partial charge in [0.2, 0.25) is 5.91 Å². The fourth-order valence-electron chi connectivity index (χ4n) is 2.25. The zero-order chi connectivity index (χ0) is 18.9. The number of hydrogen-bond acceptors (Lipinski definition) is 4. The van der Waals surface area contributed by atoms with Crippen LogP contribution in [0.25, 0.3) is 0 Å². The van der Waals surface area contributed by atoms with Crippen molar-refractivity contribution in [2.75, 3.05) is 6.61 Å². The minimum Gasteiger partial charge on any atom is -0.494 e. The second kappa shape index (κ2) is 9.82. The third-order valence-corrected chi connectivity index (χ3v) is 3.56. The summed E-state index contributed by atoms with van der Waals surface area (Å²) in [5.74, 6) is 1.24. The molecular formula is C20H23ClN2O3. The van der Waals surface area contributed by atoms with Gasteiger partial charge in [-0.15, -0.1) is 0 Å². The van der Waals surface area contributed by atoms with E-state index in [1.807, 2.05) is 45.0 Å². The molecule has 0 aliphatic heterocycles. The van der Waals surface area contributed by atoms with E-state index in [1.165, 1.54) is 6.21 Å². The van der Waals surface area contributed by atoms with Crippen LogP contribution in [0.4, 0.5) is 0 Å². The Labute approximate surface area is 159 Å². The molecule has 26 heavy (non-hydrogen) atoms. The first kappa shape index (κ1) is 19.8. The van der Waals surface area contributed by atoms with Crippen molar-refractivity contribution in [1.29, 1.82) is 0 Å². The van der Waals surface area contributed by atoms with Gasteiger partial charge >= 0.3 is 0 Å². The molecule has 0 aromatic heterocycles. The smallest absolute Gasteiger partial charge is 0.244 e. The van der Waals surface area contributed by atoms with Crippen molar-refractivity contribution >= 4 is 23.7 Å². The molecule has 138 valence electrons. The van der Waals surface area contributed by atoms with E-state index in [9.17, 15) is 4.79 Å². The zero-order valence-electron chi connectivity index (χ0n) is 15.2. The first-order chi connectivity index (χ1) is 12.5. The minimum absolute atomic E-state index is 0.0255. The Kier molecular flexibility index (Phi) is 7.48. The standard InChI is InChI=1S/C20H23ClN2O3/c1-4-25-18-8-5-15(6-9-18)11-20(24)23-22-13-16-12-17(21)7-10-19(16)26-14(2)3/h5-10,12-14H,4,11H2,1-3H3,(H,23,24)/b22-13-. The van der Waals surface area contributed by atoms with Gasteiger partial charge < -0.3 is 9.47 Å². The van der Waals surface area contributed by atoms with Crippen LogP contribution in [-0.2, 0) is 11.2 Å². The second-order valence-corrected chi connectivity index (χ2v) is 6.33. The Balaban J connectivity index is 1.95. The molecule has 0 spiro atoms. The lowest BCUT2D eigenvalue weighted by molar-refractivity contribution is -0.120. The predicted octanol–water partition coefficient (Wildman–Crippen LogP) is 4.22. The van der Waals surface area contributed by atoms with E-state index in [0.717, 1.165) is 11.3 Å². The number of carbonyl (C=O) groups excluding carboxylic acids is 1. The molecule has 0 heterocycles. The lowest BCUT2D eigenvalue weighted by Gasteiger charge is -2.12. The molecule has 2 aromatic carbocycles. The van der Waals surface area contributed by atoms with E-state index in [2.05, 4.69) is 10.5 Å². The van der Waals surface area contributed by atoms with Gasteiger partial charge in [-0.05, 0) is 56.7 Å². The van der Waals surface area contributed by atoms with Crippen LogP contribution in [-0.4, -0.2) is 24.8 Å². The summed E-state index contributed by atoms with van der Waals surface area (Å²) in [7, 11) is 0. The number of carbonyl (C=O) groups is 1. The van der Waals surface area contributed by atoms with E-state index in [1.54, 1.807) is 18.2 Å². The molecule has 2 rings (SSSR count). The monoisotopic (exact) mass is 374 g/mol. The van der Waals surface area contributed by atoms with Gasteiger partial charge in [0, 0.05) is 10.6 Å². The molecule has 0 fully saturated rings. The van der Waals surface area contributed by atoms with Crippen LogP contribution in [0.2, 0.25) is 5.02 Å². The maximum atomic E-state index is 12.0. The van der Waals surface area contributed by atoms with Crippen LogP contribution in [0, 0.1) is 0 Å². The van der Waals surface area contributed by atoms with Crippen molar-refractivity contribution in [3.05, 3.63) is 58.6 Å². The zero-order valence-corrected chi connectivity index (χ0v) is 15.9. The molecule has 0 saturated carbocycles. The largest absolute Gasteiger partial charge is 0.494 e. The van der Waals surface area contributed by atoms with Gasteiger partial charge in [-0.25, -0.2) is 5.43 Å². The molecule has 0 bridgehead atoms. The first-order valence-corrected chi connectivity index (χ1v) is 8.85. The molecule has 1 N–H and O–H groups in total. The van der Waals surface area contributed by atoms with Crippen LogP contribution < -0.4 is 14.9 Å². The summed E-state index contributed by atoms with van der Waals surface area (Å²) in [5.41, 5.74) is 4.10. The van der Waals surface area contributed by atoms with Crippen molar-refractivity contribution in [3.63, 3.8) is 0 Å². The van der Waals surface area contributed by atoms with Crippen molar-refractivity contribution in [2.24, 2.45) is 5.10 Å². The molecule has 1 amide bonds. The number of hydrogen-bond donors (Lipinski definition) is 1. The Bertz CT molecular complexity index is 758. The molecule has 5 nitrogen and oxygen atoms in total. The van der Waals surface area contributed by atoms with E-state index in [-0.39, 0.29) is 18.4 Å². The topological polar surface area (TPSA) is 59.9 Å². The van der Waals surface area contributed by atoms with Crippen LogP contribution >= 0.6 is 11.6 Å². The third-order valence-electron chi connectivity index (χ3n) is 3.33. The number of halogens is 1. The highest BCUT2D eigenvalue weighted by molar-refractivity contribution is 6.30. The van der Waals surface area contributed by atoms with Gasteiger partial charge in [-0.2, -0.15) is 5.10 Å². The van der Waals surface area contributed by atoms with E-state index in [0.29, 0.717) is 22.9 Å². The van der Waals surface area contributed by atoms with Gasteiger partial charge in [0.25, 0.3) is 0 Å². The lowest BCUT2D eigenvalue weighted by Crippen LogP contribution is -2.19. The van der Waals surface area contributed by atoms with Crippen LogP contribution in [0.1, 0.15) is 31.9 Å². The Morgan fingerprint density at radius 2 is 1.96 bits per heavy atom. The highest BCUT2D eigenvalue weighted by Crippen LogP contribution is 2.22. The number of nitrogens with one attached hydrogen (secondary N) is 1. The lowest BCUT2D eigenvalue weighted by atomic mass is 10.1. The van der Waals surface area contributed by atoms with Gasteiger partial charge in [-0.1, -0.05) is 23.7 Å². The number of nitrogens with zero attached hydrogens (tertiary/aromatic N) is 1. The van der Waals surface area contributed by atoms with Crippen molar-refractivity contribution in [2.45, 2.75) is 33.3 Å². The maximum absolute atomic E-state index is 12.0. The predicted molar refractivity (Wildman–Crippen MR) is 104 cm³/mol. The second-order valence-electron chi connectivity index (χ2n) is 5.90. The summed E-state index contributed by atoms with van der Waals surface area (Å²) in [6.45, 7) is 6.42. The van der Waals surface area contributed by atoms with Crippen LogP contribution in [0.3, 0.4) is 0 Å². The van der Waals surface area contributed by atoms with E-state index < -0.39 is 0 Å². The Hall–Kier alpha value is -2.53. The third kappa shape index (κ3) is 6.41. The highest BCUT2D eigenvalue weighted by atomic mass is 35.5. The molecule has 2 aromatic rings. The van der Waals surface area contributed by atoms with Crippen molar-refractivity contribution < 1.29 is 14.3 Å². The molecule has 0 unspecified atom stereocenters. The van der Waals surface area contributed by atoms with Gasteiger partial charge in [0.15, 0.2) is 0 Å².